The van der Waals surface area contributed by atoms with Crippen LogP contribution in [0.1, 0.15) is 33.6 Å². The Balaban J connectivity index is 2.53. The molecule has 8 heteroatoms. The van der Waals surface area contributed by atoms with Crippen LogP contribution in [0.3, 0.4) is 0 Å². The van der Waals surface area contributed by atoms with Crippen LogP contribution in [-0.2, 0) is 14.3 Å². The van der Waals surface area contributed by atoms with E-state index in [1.165, 1.54) is 4.90 Å². The highest BCUT2D eigenvalue weighted by Crippen LogP contribution is 2.20. The summed E-state index contributed by atoms with van der Waals surface area (Å²) in [6.45, 7) is 3.78. The Morgan fingerprint density at radius 1 is 1.33 bits per heavy atom. The zero-order valence-electron chi connectivity index (χ0n) is 12.4. The molecule has 1 rings (SSSR count). The monoisotopic (exact) mass is 310 g/mol. The van der Waals surface area contributed by atoms with Crippen LogP contribution in [0.15, 0.2) is 0 Å². The maximum Gasteiger partial charge on any atom is 0.411 e. The van der Waals surface area contributed by atoms with Gasteiger partial charge >= 0.3 is 6.18 Å². The summed E-state index contributed by atoms with van der Waals surface area (Å²) < 4.78 is 40.3. The van der Waals surface area contributed by atoms with Crippen LogP contribution < -0.4 is 5.32 Å². The number of hydrogen-bond acceptors (Lipinski definition) is 3. The Morgan fingerprint density at radius 2 is 1.95 bits per heavy atom. The zero-order chi connectivity index (χ0) is 16.3. The fraction of sp³-hybridized carbons (Fsp3) is 0.846. The van der Waals surface area contributed by atoms with E-state index in [9.17, 15) is 22.8 Å². The number of hydrogen-bond donors (Lipinski definition) is 1. The lowest BCUT2D eigenvalue weighted by Gasteiger charge is -2.42. The average Bonchev–Trinajstić information content (AvgIpc) is 2.32. The van der Waals surface area contributed by atoms with Crippen molar-refractivity contribution in [3.05, 3.63) is 0 Å². The van der Waals surface area contributed by atoms with Gasteiger partial charge < -0.3 is 15.0 Å². The van der Waals surface area contributed by atoms with Crippen molar-refractivity contribution < 1.29 is 27.5 Å². The summed E-state index contributed by atoms with van der Waals surface area (Å²) in [4.78, 5) is 25.6. The quantitative estimate of drug-likeness (QED) is 0.756. The Morgan fingerprint density at radius 3 is 2.48 bits per heavy atom. The predicted molar refractivity (Wildman–Crippen MR) is 69.5 cm³/mol. The second-order valence-corrected chi connectivity index (χ2v) is 5.56. The standard InChI is InChI=1S/C13H21F3N2O3/c1-4-9-10(19)17-12(2,3)11(20)18(9)6-5-7-21-8-13(14,15)16/h9H,4-8H2,1-3H3,(H,17,19). The van der Waals surface area contributed by atoms with E-state index in [1.54, 1.807) is 20.8 Å². The number of carbonyl (C=O) groups excluding carboxylic acids is 2. The molecule has 1 saturated heterocycles. The van der Waals surface area contributed by atoms with Gasteiger partial charge in [-0.15, -0.1) is 0 Å². The second kappa shape index (κ2) is 6.64. The third-order valence-electron chi connectivity index (χ3n) is 3.25. The molecular weight excluding hydrogens is 289 g/mol. The van der Waals surface area contributed by atoms with Crippen LogP contribution in [0.4, 0.5) is 13.2 Å². The topological polar surface area (TPSA) is 58.6 Å². The van der Waals surface area contributed by atoms with Crippen molar-refractivity contribution in [1.29, 1.82) is 0 Å². The first-order valence-corrected chi connectivity index (χ1v) is 6.86. The fourth-order valence-corrected chi connectivity index (χ4v) is 2.27. The first-order chi connectivity index (χ1) is 9.58. The molecular formula is C13H21F3N2O3. The Kier molecular flexibility index (Phi) is 5.61. The summed E-state index contributed by atoms with van der Waals surface area (Å²) in [6, 6.07) is -0.576. The van der Waals surface area contributed by atoms with Crippen LogP contribution in [0.25, 0.3) is 0 Å². The molecule has 0 bridgehead atoms. The molecule has 0 spiro atoms. The normalized spacial score (nSPS) is 22.4. The van der Waals surface area contributed by atoms with Crippen LogP contribution in [0, 0.1) is 0 Å². The van der Waals surface area contributed by atoms with Crippen molar-refractivity contribution in [3.63, 3.8) is 0 Å². The minimum absolute atomic E-state index is 0.109. The van der Waals surface area contributed by atoms with E-state index in [1.807, 2.05) is 0 Å². The van der Waals surface area contributed by atoms with E-state index in [4.69, 9.17) is 0 Å². The Hall–Kier alpha value is -1.31. The molecule has 0 aliphatic carbocycles. The lowest BCUT2D eigenvalue weighted by Crippen LogP contribution is -2.68. The maximum atomic E-state index is 12.3. The maximum absolute atomic E-state index is 12.3. The average molecular weight is 310 g/mol. The summed E-state index contributed by atoms with van der Waals surface area (Å²) in [7, 11) is 0. The van der Waals surface area contributed by atoms with Gasteiger partial charge in [-0.3, -0.25) is 9.59 Å². The fourth-order valence-electron chi connectivity index (χ4n) is 2.27. The first kappa shape index (κ1) is 17.7. The van der Waals surface area contributed by atoms with E-state index in [0.717, 1.165) is 0 Å². The summed E-state index contributed by atoms with van der Waals surface area (Å²) in [6.07, 6.45) is -3.65. The number of amides is 2. The Bertz CT molecular complexity index is 397. The molecule has 1 heterocycles. The van der Waals surface area contributed by atoms with Crippen LogP contribution >= 0.6 is 0 Å². The number of rotatable bonds is 6. The van der Waals surface area contributed by atoms with Gasteiger partial charge in [0.1, 0.15) is 18.2 Å². The van der Waals surface area contributed by atoms with Gasteiger partial charge in [-0.05, 0) is 26.7 Å². The van der Waals surface area contributed by atoms with E-state index >= 15 is 0 Å². The number of halogens is 3. The molecule has 5 nitrogen and oxygen atoms in total. The van der Waals surface area contributed by atoms with E-state index in [-0.39, 0.29) is 31.4 Å². The number of nitrogens with one attached hydrogen (secondary N) is 1. The van der Waals surface area contributed by atoms with Crippen molar-refractivity contribution in [3.8, 4) is 0 Å². The highest BCUT2D eigenvalue weighted by Gasteiger charge is 2.44. The van der Waals surface area contributed by atoms with Crippen LogP contribution in [0.2, 0.25) is 0 Å². The van der Waals surface area contributed by atoms with Gasteiger partial charge in [-0.1, -0.05) is 6.92 Å². The van der Waals surface area contributed by atoms with Crippen molar-refractivity contribution >= 4 is 11.8 Å². The zero-order valence-corrected chi connectivity index (χ0v) is 12.4. The molecule has 1 unspecified atom stereocenters. The first-order valence-electron chi connectivity index (χ1n) is 6.86. The number of piperazine rings is 1. The van der Waals surface area contributed by atoms with Crippen molar-refractivity contribution in [2.75, 3.05) is 19.8 Å². The van der Waals surface area contributed by atoms with Gasteiger partial charge in [0.05, 0.1) is 0 Å². The van der Waals surface area contributed by atoms with Crippen molar-refractivity contribution in [2.45, 2.75) is 51.4 Å². The van der Waals surface area contributed by atoms with Crippen LogP contribution in [0.5, 0.6) is 0 Å². The molecule has 1 aliphatic rings. The van der Waals surface area contributed by atoms with Gasteiger partial charge in [-0.2, -0.15) is 13.2 Å². The lowest BCUT2D eigenvalue weighted by atomic mass is 9.95. The molecule has 1 fully saturated rings. The summed E-state index contributed by atoms with van der Waals surface area (Å²) >= 11 is 0. The summed E-state index contributed by atoms with van der Waals surface area (Å²) in [5.41, 5.74) is -0.990. The van der Waals surface area contributed by atoms with Gasteiger partial charge in [-0.25, -0.2) is 0 Å². The number of nitrogens with zero attached hydrogens (tertiary/aromatic N) is 1. The summed E-state index contributed by atoms with van der Waals surface area (Å²) in [5.74, 6) is -0.469. The minimum Gasteiger partial charge on any atom is -0.372 e. The van der Waals surface area contributed by atoms with Gasteiger partial charge in [0.15, 0.2) is 0 Å². The summed E-state index contributed by atoms with van der Waals surface area (Å²) in [5, 5.41) is 2.65. The number of carbonyl (C=O) groups is 2. The van der Waals surface area contributed by atoms with Crippen molar-refractivity contribution in [2.24, 2.45) is 0 Å². The SMILES string of the molecule is CCC1C(=O)NC(C)(C)C(=O)N1CCCOCC(F)(F)F. The second-order valence-electron chi connectivity index (χ2n) is 5.56. The van der Waals surface area contributed by atoms with Crippen molar-refractivity contribution in [1.82, 2.24) is 10.2 Å². The highest BCUT2D eigenvalue weighted by atomic mass is 19.4. The molecule has 0 saturated carbocycles. The largest absolute Gasteiger partial charge is 0.411 e. The smallest absolute Gasteiger partial charge is 0.372 e. The predicted octanol–water partition coefficient (Wildman–Crippen LogP) is 1.47. The van der Waals surface area contributed by atoms with E-state index in [2.05, 4.69) is 10.1 Å². The molecule has 0 aromatic carbocycles. The van der Waals surface area contributed by atoms with E-state index < -0.39 is 24.4 Å². The molecule has 0 aromatic rings. The number of alkyl halides is 3. The van der Waals surface area contributed by atoms with E-state index in [0.29, 0.717) is 6.42 Å². The molecule has 1 N–H and O–H groups in total. The molecule has 122 valence electrons. The van der Waals surface area contributed by atoms with Gasteiger partial charge in [0.2, 0.25) is 11.8 Å². The highest BCUT2D eigenvalue weighted by molar-refractivity contribution is 5.99. The molecule has 0 radical (unpaired) electrons. The Labute approximate surface area is 121 Å². The molecule has 1 aliphatic heterocycles. The number of ether oxygens (including phenoxy) is 1. The van der Waals surface area contributed by atoms with Crippen LogP contribution in [-0.4, -0.2) is 54.2 Å². The molecule has 0 aromatic heterocycles. The minimum atomic E-state index is -4.35. The molecule has 2 amide bonds. The van der Waals surface area contributed by atoms with Gasteiger partial charge in [0.25, 0.3) is 0 Å². The third-order valence-corrected chi connectivity index (χ3v) is 3.25. The molecule has 1 atom stereocenters. The molecule has 21 heavy (non-hydrogen) atoms. The third kappa shape index (κ3) is 4.87. The lowest BCUT2D eigenvalue weighted by molar-refractivity contribution is -0.174. The van der Waals surface area contributed by atoms with Gasteiger partial charge in [0, 0.05) is 13.2 Å².